The molecule has 4 aromatic carbocycles. The maximum absolute atomic E-state index is 11.6. The maximum Gasteiger partial charge on any atom is 0.336 e. The second-order valence-corrected chi connectivity index (χ2v) is 9.22. The number of hydrogen-bond acceptors (Lipinski definition) is 2. The molecule has 3 heteroatoms. The molecular weight excluding hydrogens is 400 g/mol. The van der Waals surface area contributed by atoms with Crippen LogP contribution in [0.1, 0.15) is 32.3 Å². The summed E-state index contributed by atoms with van der Waals surface area (Å²) in [5.74, 6) is -0.894. The first-order chi connectivity index (χ1) is 15.1. The molecule has 1 N–H and O–H groups in total. The normalized spacial score (nSPS) is 14.9. The van der Waals surface area contributed by atoms with E-state index in [0.717, 1.165) is 17.5 Å². The number of carboxylic acids is 1. The second-order valence-electron chi connectivity index (χ2n) is 7.98. The number of benzene rings is 4. The Balaban J connectivity index is 1.44. The van der Waals surface area contributed by atoms with Crippen molar-refractivity contribution in [2.75, 3.05) is 0 Å². The van der Waals surface area contributed by atoms with E-state index in [-0.39, 0.29) is 0 Å². The average molecular weight is 423 g/mol. The van der Waals surface area contributed by atoms with E-state index in [1.54, 1.807) is 12.1 Å². The van der Waals surface area contributed by atoms with Gasteiger partial charge in [-0.2, -0.15) is 0 Å². The lowest BCUT2D eigenvalue weighted by Crippen LogP contribution is -1.99. The predicted molar refractivity (Wildman–Crippen MR) is 128 cm³/mol. The van der Waals surface area contributed by atoms with E-state index in [9.17, 15) is 9.90 Å². The minimum absolute atomic E-state index is 0.341. The van der Waals surface area contributed by atoms with E-state index >= 15 is 0 Å². The summed E-state index contributed by atoms with van der Waals surface area (Å²) in [5, 5.41) is 9.91. The number of aromatic carboxylic acids is 1. The van der Waals surface area contributed by atoms with Crippen LogP contribution in [0, 0.1) is 6.92 Å². The van der Waals surface area contributed by atoms with Gasteiger partial charge in [0.1, 0.15) is 0 Å². The zero-order valence-electron chi connectivity index (χ0n) is 17.2. The zero-order chi connectivity index (χ0) is 21.4. The number of fused-ring (bicyclic) bond motifs is 1. The van der Waals surface area contributed by atoms with Crippen LogP contribution in [-0.4, -0.2) is 11.1 Å². The highest BCUT2D eigenvalue weighted by Crippen LogP contribution is 2.48. The van der Waals surface area contributed by atoms with Gasteiger partial charge in [0.15, 0.2) is 0 Å². The van der Waals surface area contributed by atoms with Crippen molar-refractivity contribution in [3.8, 4) is 22.3 Å². The molecule has 0 fully saturated rings. The molecule has 152 valence electrons. The van der Waals surface area contributed by atoms with Gasteiger partial charge in [-0.25, -0.2) is 4.79 Å². The van der Waals surface area contributed by atoms with Crippen molar-refractivity contribution in [2.45, 2.75) is 23.5 Å². The van der Waals surface area contributed by atoms with E-state index in [1.807, 2.05) is 30.0 Å². The summed E-state index contributed by atoms with van der Waals surface area (Å²) in [7, 11) is 0. The summed E-state index contributed by atoms with van der Waals surface area (Å²) in [5.41, 5.74) is 8.47. The van der Waals surface area contributed by atoms with Crippen LogP contribution < -0.4 is 0 Å². The van der Waals surface area contributed by atoms with Gasteiger partial charge in [-0.05, 0) is 58.9 Å². The van der Waals surface area contributed by atoms with Gasteiger partial charge in [-0.15, -0.1) is 11.8 Å². The third kappa shape index (κ3) is 3.89. The Labute approximate surface area is 186 Å². The molecule has 4 aromatic rings. The largest absolute Gasteiger partial charge is 0.478 e. The van der Waals surface area contributed by atoms with Gasteiger partial charge >= 0.3 is 5.97 Å². The monoisotopic (exact) mass is 422 g/mol. The highest BCUT2D eigenvalue weighted by atomic mass is 32.2. The van der Waals surface area contributed by atoms with Crippen molar-refractivity contribution in [3.05, 3.63) is 113 Å². The van der Waals surface area contributed by atoms with E-state index < -0.39 is 5.97 Å². The smallest absolute Gasteiger partial charge is 0.336 e. The first-order valence-corrected chi connectivity index (χ1v) is 11.3. The molecule has 5 rings (SSSR count). The minimum Gasteiger partial charge on any atom is -0.478 e. The van der Waals surface area contributed by atoms with Gasteiger partial charge in [0.05, 0.1) is 5.56 Å². The average Bonchev–Trinajstić information content (AvgIpc) is 3.23. The number of carbonyl (C=O) groups is 1. The van der Waals surface area contributed by atoms with Crippen LogP contribution in [0.4, 0.5) is 0 Å². The van der Waals surface area contributed by atoms with E-state index in [2.05, 4.69) is 67.6 Å². The highest BCUT2D eigenvalue weighted by molar-refractivity contribution is 7.99. The molecule has 2 nitrogen and oxygen atoms in total. The Hall–Kier alpha value is -3.30. The maximum atomic E-state index is 11.6. The van der Waals surface area contributed by atoms with E-state index in [1.165, 1.54) is 32.7 Å². The van der Waals surface area contributed by atoms with Crippen molar-refractivity contribution in [1.29, 1.82) is 0 Å². The van der Waals surface area contributed by atoms with Gasteiger partial charge in [-0.1, -0.05) is 84.4 Å². The predicted octanol–water partition coefficient (Wildman–Crippen LogP) is 7.42. The summed E-state index contributed by atoms with van der Waals surface area (Å²) in [6.45, 7) is 2.12. The molecule has 0 amide bonds. The van der Waals surface area contributed by atoms with Crippen LogP contribution in [0.5, 0.6) is 0 Å². The van der Waals surface area contributed by atoms with Crippen LogP contribution in [0.15, 0.2) is 95.9 Å². The topological polar surface area (TPSA) is 37.3 Å². The molecule has 0 saturated heterocycles. The van der Waals surface area contributed by atoms with Crippen molar-refractivity contribution >= 4 is 17.7 Å². The number of carboxylic acid groups (broad SMARTS) is 1. The van der Waals surface area contributed by atoms with Crippen LogP contribution in [-0.2, 0) is 6.42 Å². The summed E-state index contributed by atoms with van der Waals surface area (Å²) < 4.78 is 0. The quantitative estimate of drug-likeness (QED) is 0.372. The molecule has 0 aromatic heterocycles. The molecule has 0 bridgehead atoms. The molecule has 0 saturated carbocycles. The summed E-state index contributed by atoms with van der Waals surface area (Å²) in [6, 6.07) is 31.0. The summed E-state index contributed by atoms with van der Waals surface area (Å²) in [4.78, 5) is 12.9. The molecule has 0 spiro atoms. The summed E-state index contributed by atoms with van der Waals surface area (Å²) >= 11 is 1.87. The molecule has 1 atom stereocenters. The fourth-order valence-corrected chi connectivity index (χ4v) is 5.60. The van der Waals surface area contributed by atoms with E-state index in [0.29, 0.717) is 10.8 Å². The molecule has 0 aliphatic carbocycles. The number of rotatable bonds is 4. The number of thioether (sulfide) groups is 1. The first kappa shape index (κ1) is 19.7. The van der Waals surface area contributed by atoms with Crippen molar-refractivity contribution < 1.29 is 9.90 Å². The molecule has 1 heterocycles. The molecule has 31 heavy (non-hydrogen) atoms. The molecular formula is C28H22O2S. The third-order valence-corrected chi connectivity index (χ3v) is 7.18. The minimum atomic E-state index is -0.894. The fourth-order valence-electron chi connectivity index (χ4n) is 4.25. The highest BCUT2D eigenvalue weighted by Gasteiger charge is 2.25. The molecule has 1 aliphatic rings. The van der Waals surface area contributed by atoms with Gasteiger partial charge in [0, 0.05) is 10.1 Å². The lowest BCUT2D eigenvalue weighted by Gasteiger charge is -2.11. The zero-order valence-corrected chi connectivity index (χ0v) is 18.0. The Morgan fingerprint density at radius 1 is 0.839 bits per heavy atom. The van der Waals surface area contributed by atoms with Gasteiger partial charge in [0.2, 0.25) is 0 Å². The van der Waals surface area contributed by atoms with Crippen LogP contribution >= 0.6 is 11.8 Å². The lowest BCUT2D eigenvalue weighted by molar-refractivity contribution is 0.0697. The Morgan fingerprint density at radius 2 is 1.61 bits per heavy atom. The van der Waals surface area contributed by atoms with Crippen LogP contribution in [0.3, 0.4) is 0 Å². The Morgan fingerprint density at radius 3 is 2.42 bits per heavy atom. The standard InChI is InChI=1S/C28H22O2S/c1-18-6-4-7-19(14-18)20-8-5-9-22(15-20)27-17-23-13-12-21(16-26(23)31-27)24-10-2-3-11-25(24)28(29)30/h2-16,27H,17H2,1H3,(H,29,30). The first-order valence-electron chi connectivity index (χ1n) is 10.4. The lowest BCUT2D eigenvalue weighted by atomic mass is 9.96. The van der Waals surface area contributed by atoms with Gasteiger partial charge < -0.3 is 5.11 Å². The number of aryl methyl sites for hydroxylation is 1. The Kier molecular flexibility index (Phi) is 5.13. The molecule has 1 unspecified atom stereocenters. The Bertz CT molecular complexity index is 1290. The SMILES string of the molecule is Cc1cccc(-c2cccc(C3Cc4ccc(-c5ccccc5C(=O)O)cc4S3)c2)c1. The third-order valence-electron chi connectivity index (χ3n) is 5.82. The van der Waals surface area contributed by atoms with Crippen LogP contribution in [0.2, 0.25) is 0 Å². The van der Waals surface area contributed by atoms with Crippen LogP contribution in [0.25, 0.3) is 22.3 Å². The van der Waals surface area contributed by atoms with E-state index in [4.69, 9.17) is 0 Å². The molecule has 1 aliphatic heterocycles. The second kappa shape index (κ2) is 8.09. The number of hydrogen-bond donors (Lipinski definition) is 1. The van der Waals surface area contributed by atoms with Gasteiger partial charge in [-0.3, -0.25) is 0 Å². The molecule has 0 radical (unpaired) electrons. The van der Waals surface area contributed by atoms with Gasteiger partial charge in [0.25, 0.3) is 0 Å². The summed E-state index contributed by atoms with van der Waals surface area (Å²) in [6.07, 6.45) is 0.984. The van der Waals surface area contributed by atoms with Crippen molar-refractivity contribution in [1.82, 2.24) is 0 Å². The fraction of sp³-hybridized carbons (Fsp3) is 0.107. The van der Waals surface area contributed by atoms with Crippen molar-refractivity contribution in [2.24, 2.45) is 0 Å². The van der Waals surface area contributed by atoms with Crippen molar-refractivity contribution in [3.63, 3.8) is 0 Å².